The maximum atomic E-state index is 9.19. The van der Waals surface area contributed by atoms with Crippen molar-refractivity contribution in [2.24, 2.45) is 0 Å². The van der Waals surface area contributed by atoms with Crippen LogP contribution < -0.4 is 21.7 Å². The smallest absolute Gasteiger partial charge is 0.544 e. The van der Waals surface area contributed by atoms with E-state index in [4.69, 9.17) is 0 Å². The second kappa shape index (κ2) is 12.3. The van der Waals surface area contributed by atoms with Gasteiger partial charge in [-0.25, -0.2) is 0 Å². The quantitative estimate of drug-likeness (QED) is 0.402. The summed E-state index contributed by atoms with van der Waals surface area (Å²) in [5, 5.41) is 18.4. The molecule has 0 fully saturated rings. The number of carboxylic acid groups (broad SMARTS) is 2. The molecule has 0 bridgehead atoms. The largest absolute Gasteiger partial charge is 2.00 e. The van der Waals surface area contributed by atoms with Crippen molar-refractivity contribution in [3.05, 3.63) is 0 Å². The van der Waals surface area contributed by atoms with Crippen LogP contribution in [0, 0.1) is 0 Å². The minimum atomic E-state index is -1.11. The van der Waals surface area contributed by atoms with E-state index in [-0.39, 0.29) is 36.1 Å². The van der Waals surface area contributed by atoms with E-state index < -0.39 is 11.9 Å². The molecule has 0 aromatic rings. The van der Waals surface area contributed by atoms with Gasteiger partial charge in [0.05, 0.1) is 11.9 Å². The van der Waals surface area contributed by atoms with Gasteiger partial charge in [-0.05, 0) is 0 Å². The summed E-state index contributed by atoms with van der Waals surface area (Å²) in [5.41, 5.74) is 6.05. The van der Waals surface area contributed by atoms with Gasteiger partial charge in [-0.1, -0.05) is 0 Å². The number of hydrogen-bond acceptors (Lipinski definition) is 4. The average Bonchev–Trinajstić information content (AvgIpc) is 1.89. The van der Waals surface area contributed by atoms with Gasteiger partial charge in [0.2, 0.25) is 0 Å². The van der Waals surface area contributed by atoms with Crippen LogP contribution in [0.15, 0.2) is 0 Å². The van der Waals surface area contributed by atoms with Gasteiger partial charge in [-0.3, -0.25) is 0 Å². The van der Waals surface area contributed by atoms with Gasteiger partial charge in [0.15, 0.2) is 0 Å². The van der Waals surface area contributed by atoms with Gasteiger partial charge in [0.25, 0.3) is 0 Å². The third-order valence-electron chi connectivity index (χ3n) is 0.408. The van der Waals surface area contributed by atoms with E-state index in [9.17, 15) is 19.8 Å². The monoisotopic (exact) mass is 174 g/mol. The molecule has 0 saturated heterocycles. The topological polar surface area (TPSA) is 136 Å². The van der Waals surface area contributed by atoms with Crippen LogP contribution in [-0.4, -0.2) is 48.1 Å². The summed E-state index contributed by atoms with van der Waals surface area (Å²) in [7, 11) is 0. The van der Waals surface area contributed by atoms with E-state index in [0.29, 0.717) is 0 Å². The van der Waals surface area contributed by atoms with Crippen molar-refractivity contribution in [2.75, 3.05) is 13.1 Å². The Morgan fingerprint density at radius 1 is 1.00 bits per heavy atom. The van der Waals surface area contributed by atoms with E-state index in [2.05, 4.69) is 11.5 Å². The minimum Gasteiger partial charge on any atom is -0.544 e. The van der Waals surface area contributed by atoms with Crippen LogP contribution in [0.4, 0.5) is 0 Å². The molecule has 0 atom stereocenters. The van der Waals surface area contributed by atoms with Crippen molar-refractivity contribution in [2.45, 2.75) is 0 Å². The van der Waals surface area contributed by atoms with Gasteiger partial charge in [-0.15, -0.1) is 0 Å². The molecule has 6 N–H and O–H groups in total. The Kier molecular flexibility index (Phi) is 19.0. The summed E-state index contributed by atoms with van der Waals surface area (Å²) in [6.07, 6.45) is 0. The molecule has 0 unspecified atom stereocenters. The Morgan fingerprint density at radius 2 is 1.09 bits per heavy atom. The molecule has 0 aromatic heterocycles. The molecule has 7 heteroatoms. The van der Waals surface area contributed by atoms with Crippen LogP contribution in [0.3, 0.4) is 0 Å². The van der Waals surface area contributed by atoms with Crippen LogP contribution in [0.25, 0.3) is 0 Å². The van der Waals surface area contributed by atoms with Gasteiger partial charge >= 0.3 is 23.1 Å². The summed E-state index contributed by atoms with van der Waals surface area (Å²) in [4.78, 5) is 18.4. The second-order valence-electron chi connectivity index (χ2n) is 1.24. The first-order chi connectivity index (χ1) is 4.54. The Morgan fingerprint density at radius 3 is 1.09 bits per heavy atom. The number of carbonyl (C=O) groups is 2. The van der Waals surface area contributed by atoms with E-state index in [1.54, 1.807) is 0 Å². The molecular weight excluding hydrogens is 164 g/mol. The number of quaternary nitrogens is 2. The summed E-state index contributed by atoms with van der Waals surface area (Å²) >= 11 is 0. The van der Waals surface area contributed by atoms with Crippen molar-refractivity contribution in [1.82, 2.24) is 0 Å². The summed E-state index contributed by atoms with van der Waals surface area (Å²) in [6.45, 7) is -0.278. The molecule has 0 spiro atoms. The Balaban J connectivity index is -0.000000107. The number of aliphatic carboxylic acids is 2. The first-order valence-corrected chi connectivity index (χ1v) is 2.52. The first-order valence-electron chi connectivity index (χ1n) is 2.52. The molecule has 0 heterocycles. The Hall–Kier alpha value is -0.374. The summed E-state index contributed by atoms with van der Waals surface area (Å²) < 4.78 is 0. The summed E-state index contributed by atoms with van der Waals surface area (Å²) in [5.74, 6) is -2.21. The van der Waals surface area contributed by atoms with Crippen molar-refractivity contribution in [3.63, 3.8) is 0 Å². The average molecular weight is 174 g/mol. The molecule has 0 aromatic carbocycles. The number of carboxylic acids is 2. The molecule has 11 heavy (non-hydrogen) atoms. The molecule has 60 valence electrons. The van der Waals surface area contributed by atoms with Crippen molar-refractivity contribution < 1.29 is 31.3 Å². The maximum Gasteiger partial charge on any atom is 2.00 e. The third-order valence-corrected chi connectivity index (χ3v) is 0.408. The molecule has 0 saturated carbocycles. The van der Waals surface area contributed by atoms with Gasteiger partial charge in [-0.2, -0.15) is 0 Å². The SMILES string of the molecule is [Mg+2].[NH3+]CC(=O)[O-].[NH3+]CC(=O)[O-]. The fourth-order valence-electron chi connectivity index (χ4n) is 0. The normalized spacial score (nSPS) is 6.73. The summed E-state index contributed by atoms with van der Waals surface area (Å²) in [6, 6.07) is 0. The Bertz CT molecular complexity index is 105. The van der Waals surface area contributed by atoms with E-state index in [1.165, 1.54) is 0 Å². The molecular formula is C4H10MgN2O4+2. The third kappa shape index (κ3) is 42.6. The zero-order valence-electron chi connectivity index (χ0n) is 6.17. The minimum absolute atomic E-state index is 0. The molecule has 0 radical (unpaired) electrons. The Labute approximate surface area is 79.7 Å². The molecule has 0 aliphatic rings. The predicted molar refractivity (Wildman–Crippen MR) is 31.3 cm³/mol. The van der Waals surface area contributed by atoms with Crippen molar-refractivity contribution in [1.29, 1.82) is 0 Å². The van der Waals surface area contributed by atoms with Crippen LogP contribution in [0.1, 0.15) is 0 Å². The fraction of sp³-hybridized carbons (Fsp3) is 0.500. The molecule has 0 amide bonds. The van der Waals surface area contributed by atoms with E-state index in [1.807, 2.05) is 0 Å². The van der Waals surface area contributed by atoms with E-state index in [0.717, 1.165) is 0 Å². The molecule has 6 nitrogen and oxygen atoms in total. The number of carbonyl (C=O) groups excluding carboxylic acids is 2. The molecule has 0 aliphatic carbocycles. The van der Waals surface area contributed by atoms with Gasteiger partial charge in [0.1, 0.15) is 13.1 Å². The predicted octanol–water partition coefficient (Wildman–Crippen LogP) is -6.42. The molecule has 0 rings (SSSR count). The maximum absolute atomic E-state index is 9.19. The van der Waals surface area contributed by atoms with Crippen LogP contribution in [-0.2, 0) is 9.59 Å². The fourth-order valence-corrected chi connectivity index (χ4v) is 0. The zero-order valence-corrected chi connectivity index (χ0v) is 7.58. The molecule has 0 aliphatic heterocycles. The van der Waals surface area contributed by atoms with Crippen LogP contribution in [0.2, 0.25) is 0 Å². The first kappa shape index (κ1) is 16.9. The van der Waals surface area contributed by atoms with Crippen LogP contribution >= 0.6 is 0 Å². The van der Waals surface area contributed by atoms with Gasteiger partial charge < -0.3 is 31.3 Å². The number of hydrogen-bond donors (Lipinski definition) is 2. The second-order valence-corrected chi connectivity index (χ2v) is 1.24. The van der Waals surface area contributed by atoms with E-state index >= 15 is 0 Å². The van der Waals surface area contributed by atoms with Crippen LogP contribution in [0.5, 0.6) is 0 Å². The number of rotatable bonds is 2. The standard InChI is InChI=1S/2C2H5NO2.Mg/c2*3-1-2(4)5;/h2*1,3H2,(H,4,5);/q;;+2. The zero-order chi connectivity index (χ0) is 8.57. The van der Waals surface area contributed by atoms with Crippen molar-refractivity contribution in [3.8, 4) is 0 Å². The van der Waals surface area contributed by atoms with Crippen molar-refractivity contribution >= 4 is 35.0 Å². The van der Waals surface area contributed by atoms with Gasteiger partial charge in [0, 0.05) is 0 Å².